The molecule has 1 heterocycles. The van der Waals surface area contributed by atoms with Gasteiger partial charge in [0.25, 0.3) is 5.91 Å². The van der Waals surface area contributed by atoms with Crippen LogP contribution in [0.1, 0.15) is 32.2 Å². The first-order valence-corrected chi connectivity index (χ1v) is 7.53. The molecule has 1 amide bonds. The highest BCUT2D eigenvalue weighted by atomic mass is 79.9. The Bertz CT molecular complexity index is 709. The molecule has 1 aromatic heterocycles. The van der Waals surface area contributed by atoms with E-state index < -0.39 is 5.97 Å². The smallest absolute Gasteiger partial charge is 0.339 e. The molecule has 0 aliphatic heterocycles. The molecule has 110 valence electrons. The number of amides is 1. The monoisotopic (exact) mass is 415 g/mol. The molecule has 1 aromatic carbocycles. The van der Waals surface area contributed by atoms with Crippen molar-refractivity contribution in [1.29, 1.82) is 0 Å². The number of carboxylic acid groups (broad SMARTS) is 1. The Morgan fingerprint density at radius 2 is 1.95 bits per heavy atom. The van der Waals surface area contributed by atoms with Gasteiger partial charge in [-0.25, -0.2) is 4.79 Å². The quantitative estimate of drug-likeness (QED) is 0.795. The van der Waals surface area contributed by atoms with Gasteiger partial charge in [-0.15, -0.1) is 0 Å². The first-order chi connectivity index (χ1) is 9.88. The highest BCUT2D eigenvalue weighted by molar-refractivity contribution is 9.11. The maximum atomic E-state index is 12.1. The van der Waals surface area contributed by atoms with Crippen molar-refractivity contribution in [3.05, 3.63) is 55.9 Å². The SMILES string of the molecule is Cc1oc(CNC(=O)c2ccc(Br)cc2Br)cc1C(=O)O. The van der Waals surface area contributed by atoms with Crippen LogP contribution in [0.25, 0.3) is 0 Å². The number of aromatic carboxylic acids is 1. The largest absolute Gasteiger partial charge is 0.478 e. The molecule has 7 heteroatoms. The lowest BCUT2D eigenvalue weighted by Gasteiger charge is -2.05. The van der Waals surface area contributed by atoms with Crippen molar-refractivity contribution in [3.8, 4) is 0 Å². The number of halogens is 2. The lowest BCUT2D eigenvalue weighted by molar-refractivity contribution is 0.0694. The van der Waals surface area contributed by atoms with E-state index in [1.807, 2.05) is 0 Å². The minimum atomic E-state index is -1.05. The van der Waals surface area contributed by atoms with E-state index in [4.69, 9.17) is 9.52 Å². The van der Waals surface area contributed by atoms with Crippen LogP contribution in [0.2, 0.25) is 0 Å². The average Bonchev–Trinajstić information content (AvgIpc) is 2.77. The number of rotatable bonds is 4. The molecule has 2 aromatic rings. The van der Waals surface area contributed by atoms with Gasteiger partial charge in [0.05, 0.1) is 12.1 Å². The summed E-state index contributed by atoms with van der Waals surface area (Å²) < 4.78 is 6.82. The molecule has 0 atom stereocenters. The Balaban J connectivity index is 2.07. The maximum Gasteiger partial charge on any atom is 0.339 e. The molecule has 0 saturated carbocycles. The molecule has 0 bridgehead atoms. The van der Waals surface area contributed by atoms with Crippen LogP contribution in [0.5, 0.6) is 0 Å². The summed E-state index contributed by atoms with van der Waals surface area (Å²) in [6.07, 6.45) is 0. The van der Waals surface area contributed by atoms with Gasteiger partial charge in [-0.1, -0.05) is 15.9 Å². The van der Waals surface area contributed by atoms with E-state index in [1.54, 1.807) is 25.1 Å². The Labute approximate surface area is 137 Å². The highest BCUT2D eigenvalue weighted by Gasteiger charge is 2.15. The summed E-state index contributed by atoms with van der Waals surface area (Å²) in [4.78, 5) is 23.0. The average molecular weight is 417 g/mol. The maximum absolute atomic E-state index is 12.1. The van der Waals surface area contributed by atoms with Crippen LogP contribution in [0, 0.1) is 6.92 Å². The van der Waals surface area contributed by atoms with Crippen molar-refractivity contribution in [3.63, 3.8) is 0 Å². The third-order valence-electron chi connectivity index (χ3n) is 2.80. The van der Waals surface area contributed by atoms with Gasteiger partial charge in [0, 0.05) is 8.95 Å². The number of carbonyl (C=O) groups excluding carboxylic acids is 1. The van der Waals surface area contributed by atoms with Crippen molar-refractivity contribution < 1.29 is 19.1 Å². The zero-order chi connectivity index (χ0) is 15.6. The summed E-state index contributed by atoms with van der Waals surface area (Å²) in [5.41, 5.74) is 0.587. The van der Waals surface area contributed by atoms with Crippen molar-refractivity contribution in [1.82, 2.24) is 5.32 Å². The molecule has 0 radical (unpaired) electrons. The predicted molar refractivity (Wildman–Crippen MR) is 83.4 cm³/mol. The molecular formula is C14H11Br2NO4. The topological polar surface area (TPSA) is 79.5 Å². The fraction of sp³-hybridized carbons (Fsp3) is 0.143. The molecule has 0 spiro atoms. The van der Waals surface area contributed by atoms with Gasteiger partial charge < -0.3 is 14.8 Å². The van der Waals surface area contributed by atoms with Crippen molar-refractivity contribution in [2.75, 3.05) is 0 Å². The fourth-order valence-electron chi connectivity index (χ4n) is 1.78. The van der Waals surface area contributed by atoms with Gasteiger partial charge >= 0.3 is 5.97 Å². The Morgan fingerprint density at radius 1 is 1.24 bits per heavy atom. The second-order valence-electron chi connectivity index (χ2n) is 4.29. The van der Waals surface area contributed by atoms with Crippen LogP contribution in [0.3, 0.4) is 0 Å². The number of benzene rings is 1. The standard InChI is InChI=1S/C14H11Br2NO4/c1-7-11(14(19)20)5-9(21-7)6-17-13(18)10-3-2-8(15)4-12(10)16/h2-5H,6H2,1H3,(H,17,18)(H,19,20). The van der Waals surface area contributed by atoms with Crippen LogP contribution in [-0.2, 0) is 6.54 Å². The van der Waals surface area contributed by atoms with Gasteiger partial charge in [0.2, 0.25) is 0 Å². The summed E-state index contributed by atoms with van der Waals surface area (Å²) in [7, 11) is 0. The first kappa shape index (κ1) is 15.8. The van der Waals surface area contributed by atoms with E-state index in [0.29, 0.717) is 21.6 Å². The van der Waals surface area contributed by atoms with E-state index in [0.717, 1.165) is 4.47 Å². The van der Waals surface area contributed by atoms with Crippen LogP contribution in [-0.4, -0.2) is 17.0 Å². The molecule has 5 nitrogen and oxygen atoms in total. The fourth-order valence-corrected chi connectivity index (χ4v) is 3.01. The minimum Gasteiger partial charge on any atom is -0.478 e. The number of aryl methyl sites for hydroxylation is 1. The van der Waals surface area contributed by atoms with Gasteiger partial charge in [0.1, 0.15) is 17.1 Å². The number of hydrogen-bond acceptors (Lipinski definition) is 3. The number of carboxylic acids is 1. The van der Waals surface area contributed by atoms with Crippen LogP contribution >= 0.6 is 31.9 Å². The molecule has 0 aliphatic carbocycles. The van der Waals surface area contributed by atoms with Gasteiger partial charge in [-0.2, -0.15) is 0 Å². The lowest BCUT2D eigenvalue weighted by atomic mass is 10.2. The zero-order valence-electron chi connectivity index (χ0n) is 10.9. The lowest BCUT2D eigenvalue weighted by Crippen LogP contribution is -2.22. The van der Waals surface area contributed by atoms with Crippen molar-refractivity contribution >= 4 is 43.7 Å². The third-order valence-corrected chi connectivity index (χ3v) is 3.95. The molecular weight excluding hydrogens is 406 g/mol. The van der Waals surface area contributed by atoms with E-state index >= 15 is 0 Å². The van der Waals surface area contributed by atoms with Crippen LogP contribution in [0.15, 0.2) is 37.6 Å². The van der Waals surface area contributed by atoms with Crippen molar-refractivity contribution in [2.45, 2.75) is 13.5 Å². The van der Waals surface area contributed by atoms with Gasteiger partial charge in [-0.3, -0.25) is 4.79 Å². The van der Waals surface area contributed by atoms with E-state index in [2.05, 4.69) is 37.2 Å². The molecule has 21 heavy (non-hydrogen) atoms. The highest BCUT2D eigenvalue weighted by Crippen LogP contribution is 2.22. The summed E-state index contributed by atoms with van der Waals surface area (Å²) in [5, 5.41) is 11.6. The Kier molecular flexibility index (Phi) is 4.84. The summed E-state index contributed by atoms with van der Waals surface area (Å²) in [5.74, 6) is -0.618. The zero-order valence-corrected chi connectivity index (χ0v) is 14.1. The van der Waals surface area contributed by atoms with Gasteiger partial charge in [0.15, 0.2) is 0 Å². The molecule has 0 unspecified atom stereocenters. The Morgan fingerprint density at radius 3 is 2.52 bits per heavy atom. The van der Waals surface area contributed by atoms with Gasteiger partial charge in [-0.05, 0) is 47.1 Å². The molecule has 2 rings (SSSR count). The minimum absolute atomic E-state index is 0.101. The molecule has 0 fully saturated rings. The predicted octanol–water partition coefficient (Wildman–Crippen LogP) is 3.74. The number of nitrogens with one attached hydrogen (secondary N) is 1. The van der Waals surface area contributed by atoms with Crippen LogP contribution < -0.4 is 5.32 Å². The second-order valence-corrected chi connectivity index (χ2v) is 6.06. The Hall–Kier alpha value is -1.60. The van der Waals surface area contributed by atoms with E-state index in [-0.39, 0.29) is 18.0 Å². The molecule has 0 aliphatic rings. The first-order valence-electron chi connectivity index (χ1n) is 5.94. The van der Waals surface area contributed by atoms with E-state index in [9.17, 15) is 9.59 Å². The normalized spacial score (nSPS) is 10.4. The molecule has 2 N–H and O–H groups in total. The number of furan rings is 1. The van der Waals surface area contributed by atoms with E-state index in [1.165, 1.54) is 6.07 Å². The van der Waals surface area contributed by atoms with Crippen LogP contribution in [0.4, 0.5) is 0 Å². The summed E-state index contributed by atoms with van der Waals surface area (Å²) in [6.45, 7) is 1.69. The molecule has 0 saturated heterocycles. The number of hydrogen-bond donors (Lipinski definition) is 2. The second kappa shape index (κ2) is 6.44. The number of carbonyl (C=O) groups is 2. The van der Waals surface area contributed by atoms with Crippen molar-refractivity contribution in [2.24, 2.45) is 0 Å². The third kappa shape index (κ3) is 3.74. The summed E-state index contributed by atoms with van der Waals surface area (Å²) in [6, 6.07) is 6.63. The summed E-state index contributed by atoms with van der Waals surface area (Å²) >= 11 is 6.63.